The number of aryl methyl sites for hydroxylation is 1. The van der Waals surface area contributed by atoms with Crippen LogP contribution in [0.2, 0.25) is 5.02 Å². The zero-order valence-electron chi connectivity index (χ0n) is 8.98. The second-order valence-electron chi connectivity index (χ2n) is 3.42. The lowest BCUT2D eigenvalue weighted by molar-refractivity contribution is -0.133. The van der Waals surface area contributed by atoms with E-state index in [1.807, 2.05) is 0 Å². The van der Waals surface area contributed by atoms with Crippen LogP contribution >= 0.6 is 23.4 Å². The molecule has 0 saturated carbocycles. The molecule has 1 heterocycles. The quantitative estimate of drug-likeness (QED) is 0.685. The third-order valence-corrected chi connectivity index (χ3v) is 3.28. The lowest BCUT2D eigenvalue weighted by atomic mass is 10.2. The van der Waals surface area contributed by atoms with E-state index in [0.29, 0.717) is 15.9 Å². The molecule has 0 aliphatic rings. The standard InChI is InChI=1S/C11H9ClN2O2S/c1-6-13-9-3-2-7(12)4-8(9)11(14-6)17-5-10(15)16/h2-4H,5H2,1H3,(H,15,16). The highest BCUT2D eigenvalue weighted by Gasteiger charge is 2.09. The molecule has 0 amide bonds. The van der Waals surface area contributed by atoms with Crippen molar-refractivity contribution in [2.45, 2.75) is 11.9 Å². The van der Waals surface area contributed by atoms with E-state index in [0.717, 1.165) is 10.9 Å². The van der Waals surface area contributed by atoms with E-state index in [4.69, 9.17) is 16.7 Å². The first-order chi connectivity index (χ1) is 8.06. The van der Waals surface area contributed by atoms with Crippen LogP contribution in [-0.4, -0.2) is 26.8 Å². The topological polar surface area (TPSA) is 63.1 Å². The van der Waals surface area contributed by atoms with Crippen LogP contribution in [0.5, 0.6) is 0 Å². The summed E-state index contributed by atoms with van der Waals surface area (Å²) in [5.74, 6) is -0.285. The number of carboxylic acids is 1. The molecule has 1 N–H and O–H groups in total. The Kier molecular flexibility index (Phi) is 3.49. The highest BCUT2D eigenvalue weighted by molar-refractivity contribution is 8.00. The molecule has 0 radical (unpaired) electrons. The molecule has 0 atom stereocenters. The Balaban J connectivity index is 2.51. The Morgan fingerprint density at radius 3 is 2.94 bits per heavy atom. The van der Waals surface area contributed by atoms with E-state index >= 15 is 0 Å². The van der Waals surface area contributed by atoms with E-state index in [-0.39, 0.29) is 5.75 Å². The average molecular weight is 269 g/mol. The Labute approximate surface area is 107 Å². The van der Waals surface area contributed by atoms with Crippen molar-refractivity contribution in [3.8, 4) is 0 Å². The molecular formula is C11H9ClN2O2S. The fraction of sp³-hybridized carbons (Fsp3) is 0.182. The number of fused-ring (bicyclic) bond motifs is 1. The van der Waals surface area contributed by atoms with Gasteiger partial charge in [-0.1, -0.05) is 23.4 Å². The van der Waals surface area contributed by atoms with Crippen LogP contribution in [-0.2, 0) is 4.79 Å². The Bertz CT molecular complexity index is 589. The van der Waals surface area contributed by atoms with Gasteiger partial charge in [0.25, 0.3) is 0 Å². The monoisotopic (exact) mass is 268 g/mol. The van der Waals surface area contributed by atoms with Crippen LogP contribution in [0.3, 0.4) is 0 Å². The number of aromatic nitrogens is 2. The number of hydrogen-bond donors (Lipinski definition) is 1. The van der Waals surface area contributed by atoms with Gasteiger partial charge >= 0.3 is 5.97 Å². The summed E-state index contributed by atoms with van der Waals surface area (Å²) in [5, 5.41) is 10.7. The van der Waals surface area contributed by atoms with Crippen LogP contribution in [0, 0.1) is 6.92 Å². The summed E-state index contributed by atoms with van der Waals surface area (Å²) >= 11 is 7.08. The van der Waals surface area contributed by atoms with Gasteiger partial charge in [-0.2, -0.15) is 0 Å². The lowest BCUT2D eigenvalue weighted by Crippen LogP contribution is -2.00. The van der Waals surface area contributed by atoms with Gasteiger partial charge in [-0.25, -0.2) is 9.97 Å². The molecule has 0 aliphatic heterocycles. The van der Waals surface area contributed by atoms with Crippen molar-refractivity contribution in [1.82, 2.24) is 9.97 Å². The van der Waals surface area contributed by atoms with Gasteiger partial charge in [0.05, 0.1) is 11.3 Å². The van der Waals surface area contributed by atoms with Gasteiger partial charge in [0.1, 0.15) is 10.9 Å². The smallest absolute Gasteiger partial charge is 0.313 e. The number of carbonyl (C=O) groups is 1. The van der Waals surface area contributed by atoms with Crippen LogP contribution in [0.15, 0.2) is 23.2 Å². The highest BCUT2D eigenvalue weighted by atomic mass is 35.5. The van der Waals surface area contributed by atoms with Crippen LogP contribution in [0.1, 0.15) is 5.82 Å². The summed E-state index contributed by atoms with van der Waals surface area (Å²) in [4.78, 5) is 19.1. The first-order valence-corrected chi connectivity index (χ1v) is 6.21. The Hall–Kier alpha value is -1.33. The fourth-order valence-corrected chi connectivity index (χ4v) is 2.37. The molecule has 2 aromatic rings. The molecule has 0 spiro atoms. The molecule has 2 rings (SSSR count). The third-order valence-electron chi connectivity index (χ3n) is 2.07. The molecule has 17 heavy (non-hydrogen) atoms. The molecule has 1 aromatic heterocycles. The zero-order valence-corrected chi connectivity index (χ0v) is 10.5. The van der Waals surface area contributed by atoms with Gasteiger partial charge in [0.15, 0.2) is 0 Å². The summed E-state index contributed by atoms with van der Waals surface area (Å²) < 4.78 is 0. The van der Waals surface area contributed by atoms with E-state index < -0.39 is 5.97 Å². The number of halogens is 1. The maximum Gasteiger partial charge on any atom is 0.313 e. The van der Waals surface area contributed by atoms with Crippen LogP contribution < -0.4 is 0 Å². The van der Waals surface area contributed by atoms with E-state index in [1.54, 1.807) is 25.1 Å². The molecule has 88 valence electrons. The fourth-order valence-electron chi connectivity index (χ4n) is 1.42. The molecular weight excluding hydrogens is 260 g/mol. The minimum absolute atomic E-state index is 0.0297. The molecule has 0 fully saturated rings. The van der Waals surface area contributed by atoms with Gasteiger partial charge in [-0.3, -0.25) is 4.79 Å². The normalized spacial score (nSPS) is 10.7. The zero-order chi connectivity index (χ0) is 12.4. The first-order valence-electron chi connectivity index (χ1n) is 4.85. The molecule has 0 bridgehead atoms. The first kappa shape index (κ1) is 12.1. The van der Waals surface area contributed by atoms with Gasteiger partial charge < -0.3 is 5.11 Å². The van der Waals surface area contributed by atoms with Gasteiger partial charge in [0, 0.05) is 10.4 Å². The SMILES string of the molecule is Cc1nc(SCC(=O)O)c2cc(Cl)ccc2n1. The van der Waals surface area contributed by atoms with Crippen molar-refractivity contribution in [3.05, 3.63) is 29.0 Å². The van der Waals surface area contributed by atoms with Crippen LogP contribution in [0.25, 0.3) is 10.9 Å². The summed E-state index contributed by atoms with van der Waals surface area (Å²) in [6.45, 7) is 1.78. The van der Waals surface area contributed by atoms with Crippen molar-refractivity contribution >= 4 is 40.2 Å². The molecule has 1 aromatic carbocycles. The van der Waals surface area contributed by atoms with E-state index in [9.17, 15) is 4.79 Å². The largest absolute Gasteiger partial charge is 0.481 e. The average Bonchev–Trinajstić information content (AvgIpc) is 2.26. The molecule has 4 nitrogen and oxygen atoms in total. The third kappa shape index (κ3) is 2.87. The molecule has 0 aliphatic carbocycles. The Morgan fingerprint density at radius 2 is 2.24 bits per heavy atom. The number of rotatable bonds is 3. The van der Waals surface area contributed by atoms with E-state index in [1.165, 1.54) is 11.8 Å². The second kappa shape index (κ2) is 4.89. The van der Waals surface area contributed by atoms with Crippen molar-refractivity contribution in [2.24, 2.45) is 0 Å². The van der Waals surface area contributed by atoms with Crippen molar-refractivity contribution in [3.63, 3.8) is 0 Å². The minimum atomic E-state index is -0.874. The molecule has 6 heteroatoms. The maximum atomic E-state index is 10.6. The lowest BCUT2D eigenvalue weighted by Gasteiger charge is -2.05. The summed E-state index contributed by atoms with van der Waals surface area (Å²) in [6.07, 6.45) is 0. The van der Waals surface area contributed by atoms with Gasteiger partial charge in [-0.15, -0.1) is 0 Å². The van der Waals surface area contributed by atoms with Gasteiger partial charge in [-0.05, 0) is 25.1 Å². The maximum absolute atomic E-state index is 10.6. The van der Waals surface area contributed by atoms with Crippen molar-refractivity contribution in [1.29, 1.82) is 0 Å². The summed E-state index contributed by atoms with van der Waals surface area (Å²) in [7, 11) is 0. The molecule has 0 unspecified atom stereocenters. The van der Waals surface area contributed by atoms with E-state index in [2.05, 4.69) is 9.97 Å². The second-order valence-corrected chi connectivity index (χ2v) is 4.82. The minimum Gasteiger partial charge on any atom is -0.481 e. The number of nitrogens with zero attached hydrogens (tertiary/aromatic N) is 2. The predicted octanol–water partition coefficient (Wildman–Crippen LogP) is 2.77. The Morgan fingerprint density at radius 1 is 1.47 bits per heavy atom. The number of benzene rings is 1. The predicted molar refractivity (Wildman–Crippen MR) is 67.6 cm³/mol. The number of thioether (sulfide) groups is 1. The number of hydrogen-bond acceptors (Lipinski definition) is 4. The highest BCUT2D eigenvalue weighted by Crippen LogP contribution is 2.27. The summed E-state index contributed by atoms with van der Waals surface area (Å²) in [6, 6.07) is 5.31. The van der Waals surface area contributed by atoms with Crippen LogP contribution in [0.4, 0.5) is 0 Å². The van der Waals surface area contributed by atoms with Crippen molar-refractivity contribution < 1.29 is 9.90 Å². The number of aliphatic carboxylic acids is 1. The van der Waals surface area contributed by atoms with Gasteiger partial charge in [0.2, 0.25) is 0 Å². The number of carboxylic acid groups (broad SMARTS) is 1. The molecule has 0 saturated heterocycles. The summed E-state index contributed by atoms with van der Waals surface area (Å²) in [5.41, 5.74) is 0.773. The van der Waals surface area contributed by atoms with Crippen molar-refractivity contribution in [2.75, 3.05) is 5.75 Å².